The highest BCUT2D eigenvalue weighted by molar-refractivity contribution is 7.95. The fourth-order valence-corrected chi connectivity index (χ4v) is 8.12. The van der Waals surface area contributed by atoms with Crippen molar-refractivity contribution >= 4 is 23.2 Å². The van der Waals surface area contributed by atoms with Crippen molar-refractivity contribution in [3.8, 4) is 0 Å². The molecule has 1 atom stereocenters. The minimum atomic E-state index is -1.80. The van der Waals surface area contributed by atoms with E-state index < -0.39 is 7.26 Å². The topological polar surface area (TPSA) is 9.23 Å². The first-order valence-corrected chi connectivity index (χ1v) is 11.2. The Morgan fingerprint density at radius 1 is 0.692 bits per heavy atom. The Hall–Kier alpha value is -2.21. The van der Waals surface area contributed by atoms with Gasteiger partial charge in [-0.3, -0.25) is 0 Å². The van der Waals surface area contributed by atoms with Gasteiger partial charge < -0.3 is 4.74 Å². The molecule has 0 fully saturated rings. The van der Waals surface area contributed by atoms with Gasteiger partial charge in [0.25, 0.3) is 0 Å². The fraction of sp³-hybridized carbons (Fsp3) is 0.167. The molecule has 0 N–H and O–H groups in total. The van der Waals surface area contributed by atoms with Crippen molar-refractivity contribution in [3.63, 3.8) is 0 Å². The van der Waals surface area contributed by atoms with Gasteiger partial charge in [0.2, 0.25) is 0 Å². The van der Waals surface area contributed by atoms with E-state index in [9.17, 15) is 0 Å². The van der Waals surface area contributed by atoms with Crippen molar-refractivity contribution in [2.75, 3.05) is 12.8 Å². The van der Waals surface area contributed by atoms with E-state index in [1.807, 2.05) is 0 Å². The summed E-state index contributed by atoms with van der Waals surface area (Å²) in [5, 5.41) is 4.25. The molecule has 0 amide bonds. The Labute approximate surface area is 156 Å². The third kappa shape index (κ3) is 3.38. The lowest BCUT2D eigenvalue weighted by Crippen LogP contribution is -2.37. The van der Waals surface area contributed by atoms with Crippen LogP contribution in [0.4, 0.5) is 0 Å². The molecule has 0 saturated carbocycles. The van der Waals surface area contributed by atoms with Crippen molar-refractivity contribution < 1.29 is 4.74 Å². The molecular weight excluding hydrogens is 335 g/mol. The summed E-state index contributed by atoms with van der Waals surface area (Å²) in [6.45, 7) is 0.819. The van der Waals surface area contributed by atoms with Crippen LogP contribution in [0.3, 0.4) is 0 Å². The second-order valence-electron chi connectivity index (χ2n) is 6.63. The molecule has 4 rings (SSSR count). The van der Waals surface area contributed by atoms with Gasteiger partial charge in [-0.05, 0) is 42.8 Å². The third-order valence-electron chi connectivity index (χ3n) is 5.01. The van der Waals surface area contributed by atoms with Crippen LogP contribution in [0, 0.1) is 0 Å². The van der Waals surface area contributed by atoms with Gasteiger partial charge in [-0.2, -0.15) is 0 Å². The van der Waals surface area contributed by atoms with Gasteiger partial charge in [0, 0.05) is 0 Å². The summed E-state index contributed by atoms with van der Waals surface area (Å²) < 4.78 is 6.14. The molecule has 0 spiro atoms. The molecule has 0 aromatic heterocycles. The lowest BCUT2D eigenvalue weighted by molar-refractivity contribution is 0.0948. The van der Waals surface area contributed by atoms with Crippen LogP contribution in [0.5, 0.6) is 0 Å². The number of hydrogen-bond acceptors (Lipinski definition) is 1. The van der Waals surface area contributed by atoms with Crippen molar-refractivity contribution in [2.24, 2.45) is 0 Å². The average molecular weight is 359 g/mol. The number of benzene rings is 3. The number of rotatable bonds is 5. The van der Waals surface area contributed by atoms with Crippen LogP contribution < -0.4 is 15.9 Å². The summed E-state index contributed by atoms with van der Waals surface area (Å²) >= 11 is 0. The Bertz CT molecular complexity index is 746. The predicted octanol–water partition coefficient (Wildman–Crippen LogP) is 4.33. The Morgan fingerprint density at radius 2 is 1.15 bits per heavy atom. The van der Waals surface area contributed by atoms with Crippen LogP contribution in [0.2, 0.25) is 0 Å². The smallest absolute Gasteiger partial charge is 0.115 e. The molecule has 1 aliphatic rings. The third-order valence-corrected chi connectivity index (χ3v) is 9.46. The molecule has 0 radical (unpaired) electrons. The van der Waals surface area contributed by atoms with Crippen LogP contribution >= 0.6 is 7.26 Å². The largest absolute Gasteiger partial charge is 0.370 e. The maximum Gasteiger partial charge on any atom is 0.115 e. The summed E-state index contributed by atoms with van der Waals surface area (Å²) in [6.07, 6.45) is 6.71. The molecule has 1 nitrogen and oxygen atoms in total. The maximum absolute atomic E-state index is 6.14. The Kier molecular flexibility index (Phi) is 5.29. The maximum atomic E-state index is 6.14. The summed E-state index contributed by atoms with van der Waals surface area (Å²) in [5.41, 5.74) is 0. The Morgan fingerprint density at radius 3 is 1.54 bits per heavy atom. The summed E-state index contributed by atoms with van der Waals surface area (Å²) in [6, 6.07) is 33.0. The minimum Gasteiger partial charge on any atom is -0.370 e. The highest BCUT2D eigenvalue weighted by atomic mass is 31.2. The molecule has 1 aliphatic heterocycles. The molecule has 3 aromatic rings. The lowest BCUT2D eigenvalue weighted by Gasteiger charge is -2.31. The predicted molar refractivity (Wildman–Crippen MR) is 114 cm³/mol. The summed E-state index contributed by atoms with van der Waals surface area (Å²) in [5.74, 6) is 0. The van der Waals surface area contributed by atoms with Crippen LogP contribution in [-0.2, 0) is 4.74 Å². The average Bonchev–Trinajstić information content (AvgIpc) is 2.75. The van der Waals surface area contributed by atoms with E-state index in [1.165, 1.54) is 15.9 Å². The van der Waals surface area contributed by atoms with Gasteiger partial charge in [0.1, 0.15) is 35.4 Å². The van der Waals surface area contributed by atoms with E-state index >= 15 is 0 Å². The van der Waals surface area contributed by atoms with Crippen molar-refractivity contribution in [1.82, 2.24) is 0 Å². The molecule has 2 heteroatoms. The first kappa shape index (κ1) is 17.2. The van der Waals surface area contributed by atoms with Crippen LogP contribution in [0.25, 0.3) is 0 Å². The minimum absolute atomic E-state index is 0.165. The van der Waals surface area contributed by atoms with Gasteiger partial charge in [-0.15, -0.1) is 0 Å². The van der Waals surface area contributed by atoms with Gasteiger partial charge in [0.05, 0.1) is 6.61 Å². The van der Waals surface area contributed by atoms with Crippen molar-refractivity contribution in [1.29, 1.82) is 0 Å². The van der Waals surface area contributed by atoms with E-state index in [0.717, 1.165) is 19.2 Å². The van der Waals surface area contributed by atoms with Gasteiger partial charge in [-0.25, -0.2) is 0 Å². The highest BCUT2D eigenvalue weighted by Crippen LogP contribution is 2.56. The van der Waals surface area contributed by atoms with Crippen molar-refractivity contribution in [3.05, 3.63) is 103 Å². The number of hydrogen-bond donors (Lipinski definition) is 0. The monoisotopic (exact) mass is 359 g/mol. The van der Waals surface area contributed by atoms with E-state index in [2.05, 4.69) is 103 Å². The second kappa shape index (κ2) is 7.99. The summed E-state index contributed by atoms with van der Waals surface area (Å²) in [7, 11) is -1.80. The zero-order valence-corrected chi connectivity index (χ0v) is 15.8. The van der Waals surface area contributed by atoms with Crippen LogP contribution in [0.15, 0.2) is 103 Å². The van der Waals surface area contributed by atoms with Crippen molar-refractivity contribution in [2.45, 2.75) is 12.5 Å². The van der Waals surface area contributed by atoms with Gasteiger partial charge in [0.15, 0.2) is 0 Å². The van der Waals surface area contributed by atoms with Crippen LogP contribution in [-0.4, -0.2) is 18.9 Å². The van der Waals surface area contributed by atoms with Crippen LogP contribution in [0.1, 0.15) is 6.42 Å². The zero-order valence-electron chi connectivity index (χ0n) is 14.9. The standard InChI is InChI=1S/C24H24OP/c1-4-13-22(14-5-1)26(23-15-6-2-7-16-23,24-17-8-3-9-18-24)20-21-12-10-11-19-25-21/h1-10,12-18,21H,11,19-20H2/q+1. The van der Waals surface area contributed by atoms with E-state index in [4.69, 9.17) is 4.74 Å². The normalized spacial score (nSPS) is 17.2. The SMILES string of the molecule is C1=CC(C[P+](c2ccccc2)(c2ccccc2)c2ccccc2)OCC1. The molecule has 1 unspecified atom stereocenters. The van der Waals surface area contributed by atoms with E-state index in [0.29, 0.717) is 0 Å². The first-order valence-electron chi connectivity index (χ1n) is 9.23. The molecule has 3 aromatic carbocycles. The number of ether oxygens (including phenoxy) is 1. The first-order chi connectivity index (χ1) is 12.9. The van der Waals surface area contributed by atoms with Gasteiger partial charge in [-0.1, -0.05) is 66.7 Å². The molecule has 26 heavy (non-hydrogen) atoms. The van der Waals surface area contributed by atoms with E-state index in [-0.39, 0.29) is 6.10 Å². The Balaban J connectivity index is 1.93. The second-order valence-corrected chi connectivity index (χ2v) is 10.2. The zero-order chi connectivity index (χ0) is 17.7. The van der Waals surface area contributed by atoms with E-state index in [1.54, 1.807) is 0 Å². The molecular formula is C24H24OP+. The summed E-state index contributed by atoms with van der Waals surface area (Å²) in [4.78, 5) is 0. The molecule has 0 saturated heterocycles. The van der Waals surface area contributed by atoms with Gasteiger partial charge >= 0.3 is 0 Å². The molecule has 0 bridgehead atoms. The quantitative estimate of drug-likeness (QED) is 0.487. The fourth-order valence-electron chi connectivity index (χ4n) is 3.79. The molecule has 1 heterocycles. The lowest BCUT2D eigenvalue weighted by atomic mass is 10.2. The molecule has 130 valence electrons. The highest BCUT2D eigenvalue weighted by Gasteiger charge is 2.47. The molecule has 0 aliphatic carbocycles.